The van der Waals surface area contributed by atoms with Crippen LogP contribution in [0.1, 0.15) is 11.4 Å². The first kappa shape index (κ1) is 16.8. The first-order valence-electron chi connectivity index (χ1n) is 8.00. The fourth-order valence-corrected chi connectivity index (χ4v) is 3.06. The predicted octanol–water partition coefficient (Wildman–Crippen LogP) is 3.00. The van der Waals surface area contributed by atoms with Crippen LogP contribution in [0, 0.1) is 17.6 Å². The van der Waals surface area contributed by atoms with Crippen LogP contribution in [-0.4, -0.2) is 34.2 Å². The van der Waals surface area contributed by atoms with Crippen molar-refractivity contribution in [1.82, 2.24) is 14.5 Å². The molecule has 0 fully saturated rings. The van der Waals surface area contributed by atoms with Gasteiger partial charge in [0, 0.05) is 37.9 Å². The van der Waals surface area contributed by atoms with E-state index in [1.54, 1.807) is 18.3 Å². The Morgan fingerprint density at radius 1 is 1.29 bits per heavy atom. The molecule has 0 aliphatic carbocycles. The van der Waals surface area contributed by atoms with E-state index in [1.165, 1.54) is 12.1 Å². The van der Waals surface area contributed by atoms with Crippen molar-refractivity contribution in [3.05, 3.63) is 66.3 Å². The topological polar surface area (TPSA) is 30.3 Å². The van der Waals surface area contributed by atoms with Gasteiger partial charge in [-0.1, -0.05) is 12.1 Å². The standard InChI is InChI=1S/C18H21F2N3O/c1-2-7-24-13-15-10-22(12-18-21-5-6-23(18)11-15)9-14-3-4-16(19)17(20)8-14/h2-6,8,15H,1,7,9-13H2. The molecule has 4 nitrogen and oxygen atoms in total. The minimum absolute atomic E-state index is 0.297. The van der Waals surface area contributed by atoms with E-state index in [0.717, 1.165) is 24.5 Å². The highest BCUT2D eigenvalue weighted by molar-refractivity contribution is 5.18. The maximum atomic E-state index is 13.4. The fourth-order valence-electron chi connectivity index (χ4n) is 3.06. The van der Waals surface area contributed by atoms with Crippen molar-refractivity contribution < 1.29 is 13.5 Å². The smallest absolute Gasteiger partial charge is 0.159 e. The Bertz CT molecular complexity index is 701. The Morgan fingerprint density at radius 2 is 2.17 bits per heavy atom. The third-order valence-corrected chi connectivity index (χ3v) is 4.12. The van der Waals surface area contributed by atoms with Crippen LogP contribution >= 0.6 is 0 Å². The van der Waals surface area contributed by atoms with Crippen molar-refractivity contribution >= 4 is 0 Å². The first-order chi connectivity index (χ1) is 11.7. The molecule has 0 N–H and O–H groups in total. The summed E-state index contributed by atoms with van der Waals surface area (Å²) in [5.41, 5.74) is 0.750. The molecule has 1 aromatic carbocycles. The van der Waals surface area contributed by atoms with Gasteiger partial charge in [-0.3, -0.25) is 4.90 Å². The number of rotatable bonds is 6. The lowest BCUT2D eigenvalue weighted by atomic mass is 10.1. The van der Waals surface area contributed by atoms with Gasteiger partial charge in [-0.15, -0.1) is 6.58 Å². The summed E-state index contributed by atoms with van der Waals surface area (Å²) < 4.78 is 34.3. The number of aromatic nitrogens is 2. The van der Waals surface area contributed by atoms with Crippen LogP contribution in [0.4, 0.5) is 8.78 Å². The SMILES string of the molecule is C=CCOCC1CN(Cc2ccc(F)c(F)c2)Cc2nccn2C1. The molecule has 2 aromatic rings. The molecule has 1 aromatic heterocycles. The Labute approximate surface area is 140 Å². The van der Waals surface area contributed by atoms with Crippen molar-refractivity contribution in [2.45, 2.75) is 19.6 Å². The highest BCUT2D eigenvalue weighted by atomic mass is 19.2. The summed E-state index contributed by atoms with van der Waals surface area (Å²) in [6.07, 6.45) is 5.49. The van der Waals surface area contributed by atoms with Crippen LogP contribution in [0.5, 0.6) is 0 Å². The summed E-state index contributed by atoms with van der Waals surface area (Å²) in [5.74, 6) is -0.356. The fraction of sp³-hybridized carbons (Fsp3) is 0.389. The molecule has 0 bridgehead atoms. The number of fused-ring (bicyclic) bond motifs is 1. The van der Waals surface area contributed by atoms with E-state index in [2.05, 4.69) is 21.0 Å². The van der Waals surface area contributed by atoms with E-state index in [-0.39, 0.29) is 0 Å². The lowest BCUT2D eigenvalue weighted by molar-refractivity contribution is 0.0942. The second kappa shape index (κ2) is 7.68. The number of halogens is 2. The lowest BCUT2D eigenvalue weighted by Gasteiger charge is -2.23. The van der Waals surface area contributed by atoms with Gasteiger partial charge in [-0.05, 0) is 17.7 Å². The summed E-state index contributed by atoms with van der Waals surface area (Å²) in [4.78, 5) is 6.60. The molecule has 24 heavy (non-hydrogen) atoms. The average molecular weight is 333 g/mol. The van der Waals surface area contributed by atoms with Crippen LogP contribution < -0.4 is 0 Å². The molecular formula is C18H21F2N3O. The van der Waals surface area contributed by atoms with E-state index < -0.39 is 11.6 Å². The van der Waals surface area contributed by atoms with Crippen molar-refractivity contribution in [1.29, 1.82) is 0 Å². The van der Waals surface area contributed by atoms with E-state index in [0.29, 0.717) is 32.2 Å². The number of hydrogen-bond acceptors (Lipinski definition) is 3. The Kier molecular flexibility index (Phi) is 5.37. The van der Waals surface area contributed by atoms with Gasteiger partial charge in [-0.25, -0.2) is 13.8 Å². The molecule has 128 valence electrons. The number of ether oxygens (including phenoxy) is 1. The van der Waals surface area contributed by atoms with E-state index in [9.17, 15) is 8.78 Å². The van der Waals surface area contributed by atoms with Gasteiger partial charge >= 0.3 is 0 Å². The van der Waals surface area contributed by atoms with E-state index in [4.69, 9.17) is 4.74 Å². The third-order valence-electron chi connectivity index (χ3n) is 4.12. The number of imidazole rings is 1. The maximum absolute atomic E-state index is 13.4. The summed E-state index contributed by atoms with van der Waals surface area (Å²) in [5, 5.41) is 0. The van der Waals surface area contributed by atoms with Crippen molar-refractivity contribution in [2.75, 3.05) is 19.8 Å². The Morgan fingerprint density at radius 3 is 2.96 bits per heavy atom. The zero-order valence-electron chi connectivity index (χ0n) is 13.5. The van der Waals surface area contributed by atoms with Gasteiger partial charge < -0.3 is 9.30 Å². The highest BCUT2D eigenvalue weighted by Crippen LogP contribution is 2.19. The third kappa shape index (κ3) is 4.07. The van der Waals surface area contributed by atoms with Gasteiger partial charge in [0.25, 0.3) is 0 Å². The summed E-state index contributed by atoms with van der Waals surface area (Å²) in [7, 11) is 0. The molecule has 1 aliphatic rings. The van der Waals surface area contributed by atoms with E-state index in [1.807, 2.05) is 6.20 Å². The molecule has 3 rings (SSSR count). The molecule has 0 spiro atoms. The molecule has 1 atom stereocenters. The van der Waals surface area contributed by atoms with Crippen LogP contribution in [0.3, 0.4) is 0 Å². The van der Waals surface area contributed by atoms with Crippen LogP contribution in [0.2, 0.25) is 0 Å². The predicted molar refractivity (Wildman–Crippen MR) is 87.2 cm³/mol. The normalized spacial score (nSPS) is 18.2. The zero-order chi connectivity index (χ0) is 16.9. The summed E-state index contributed by atoms with van der Waals surface area (Å²) >= 11 is 0. The lowest BCUT2D eigenvalue weighted by Crippen LogP contribution is -2.30. The molecule has 1 aliphatic heterocycles. The second-order valence-electron chi connectivity index (χ2n) is 6.11. The molecule has 0 saturated heterocycles. The van der Waals surface area contributed by atoms with Crippen molar-refractivity contribution in [2.24, 2.45) is 5.92 Å². The quantitative estimate of drug-likeness (QED) is 0.601. The molecular weight excluding hydrogens is 312 g/mol. The molecule has 0 saturated carbocycles. The van der Waals surface area contributed by atoms with Crippen LogP contribution in [0.15, 0.2) is 43.2 Å². The van der Waals surface area contributed by atoms with Crippen LogP contribution in [0.25, 0.3) is 0 Å². The zero-order valence-corrected chi connectivity index (χ0v) is 13.5. The monoisotopic (exact) mass is 333 g/mol. The molecule has 0 radical (unpaired) electrons. The molecule has 6 heteroatoms. The molecule has 2 heterocycles. The molecule has 0 amide bonds. The van der Waals surface area contributed by atoms with Crippen LogP contribution in [-0.2, 0) is 24.4 Å². The van der Waals surface area contributed by atoms with Gasteiger partial charge in [0.15, 0.2) is 11.6 Å². The summed E-state index contributed by atoms with van der Waals surface area (Å²) in [6, 6.07) is 4.06. The minimum Gasteiger partial charge on any atom is -0.377 e. The number of benzene rings is 1. The minimum atomic E-state index is -0.819. The molecule has 1 unspecified atom stereocenters. The Balaban J connectivity index is 1.73. The van der Waals surface area contributed by atoms with Gasteiger partial charge in [0.2, 0.25) is 0 Å². The first-order valence-corrected chi connectivity index (χ1v) is 8.00. The second-order valence-corrected chi connectivity index (χ2v) is 6.11. The Hall–Kier alpha value is -2.05. The van der Waals surface area contributed by atoms with Crippen molar-refractivity contribution in [3.63, 3.8) is 0 Å². The number of hydrogen-bond donors (Lipinski definition) is 0. The largest absolute Gasteiger partial charge is 0.377 e. The van der Waals surface area contributed by atoms with E-state index >= 15 is 0 Å². The highest BCUT2D eigenvalue weighted by Gasteiger charge is 2.22. The van der Waals surface area contributed by atoms with Gasteiger partial charge in [0.1, 0.15) is 5.82 Å². The van der Waals surface area contributed by atoms with Crippen molar-refractivity contribution in [3.8, 4) is 0 Å². The van der Waals surface area contributed by atoms with Gasteiger partial charge in [-0.2, -0.15) is 0 Å². The van der Waals surface area contributed by atoms with Gasteiger partial charge in [0.05, 0.1) is 19.8 Å². The average Bonchev–Trinajstić information content (AvgIpc) is 2.91. The number of nitrogens with zero attached hydrogens (tertiary/aromatic N) is 3. The maximum Gasteiger partial charge on any atom is 0.159 e. The summed E-state index contributed by atoms with van der Waals surface area (Å²) in [6.45, 7) is 7.66.